The molecule has 0 saturated heterocycles. The SMILES string of the molecule is CC(C)c1noc(CCNC(=O)NCCC(O)C(C)C)n1. The molecule has 7 nitrogen and oxygen atoms in total. The molecule has 0 aliphatic heterocycles. The number of aliphatic hydroxyl groups is 1. The summed E-state index contributed by atoms with van der Waals surface area (Å²) in [4.78, 5) is 15.8. The molecular weight excluding hydrogens is 272 g/mol. The van der Waals surface area contributed by atoms with E-state index in [2.05, 4.69) is 20.8 Å². The van der Waals surface area contributed by atoms with Crippen LogP contribution in [-0.4, -0.2) is 40.5 Å². The molecule has 120 valence electrons. The largest absolute Gasteiger partial charge is 0.393 e. The maximum Gasteiger partial charge on any atom is 0.314 e. The first-order valence-electron chi connectivity index (χ1n) is 7.42. The van der Waals surface area contributed by atoms with Gasteiger partial charge in [-0.2, -0.15) is 4.98 Å². The molecule has 1 rings (SSSR count). The van der Waals surface area contributed by atoms with Crippen LogP contribution in [0.25, 0.3) is 0 Å². The number of nitrogens with zero attached hydrogens (tertiary/aromatic N) is 2. The van der Waals surface area contributed by atoms with Crippen molar-refractivity contribution < 1.29 is 14.4 Å². The van der Waals surface area contributed by atoms with E-state index >= 15 is 0 Å². The summed E-state index contributed by atoms with van der Waals surface area (Å²) in [5.74, 6) is 1.63. The first kappa shape index (κ1) is 17.4. The van der Waals surface area contributed by atoms with E-state index < -0.39 is 6.10 Å². The zero-order chi connectivity index (χ0) is 15.8. The molecule has 0 aliphatic carbocycles. The lowest BCUT2D eigenvalue weighted by atomic mass is 10.0. The number of carbonyl (C=O) groups excluding carboxylic acids is 1. The van der Waals surface area contributed by atoms with E-state index in [1.165, 1.54) is 0 Å². The third-order valence-electron chi connectivity index (χ3n) is 3.12. The molecule has 3 N–H and O–H groups in total. The Hall–Kier alpha value is -1.63. The number of aromatic nitrogens is 2. The van der Waals surface area contributed by atoms with Gasteiger partial charge < -0.3 is 20.3 Å². The number of hydrogen-bond acceptors (Lipinski definition) is 5. The van der Waals surface area contributed by atoms with Crippen LogP contribution >= 0.6 is 0 Å². The Bertz CT molecular complexity index is 432. The summed E-state index contributed by atoms with van der Waals surface area (Å²) < 4.78 is 5.08. The van der Waals surface area contributed by atoms with Crippen LogP contribution in [0.5, 0.6) is 0 Å². The lowest BCUT2D eigenvalue weighted by Crippen LogP contribution is -2.38. The second-order valence-electron chi connectivity index (χ2n) is 5.73. The van der Waals surface area contributed by atoms with E-state index in [9.17, 15) is 9.90 Å². The topological polar surface area (TPSA) is 100 Å². The van der Waals surface area contributed by atoms with Crippen molar-refractivity contribution in [3.63, 3.8) is 0 Å². The van der Waals surface area contributed by atoms with Crippen molar-refractivity contribution in [3.8, 4) is 0 Å². The van der Waals surface area contributed by atoms with Crippen LogP contribution in [0.2, 0.25) is 0 Å². The van der Waals surface area contributed by atoms with Crippen LogP contribution in [-0.2, 0) is 6.42 Å². The van der Waals surface area contributed by atoms with Crippen molar-refractivity contribution in [1.29, 1.82) is 0 Å². The molecule has 1 atom stereocenters. The molecule has 0 saturated carbocycles. The molecule has 7 heteroatoms. The summed E-state index contributed by atoms with van der Waals surface area (Å²) in [5.41, 5.74) is 0. The standard InChI is InChI=1S/C14H26N4O3/c1-9(2)11(19)5-7-15-14(20)16-8-6-12-17-13(10(3)4)18-21-12/h9-11,19H,5-8H2,1-4H3,(H2,15,16,20). The molecule has 0 fully saturated rings. The number of amides is 2. The van der Waals surface area contributed by atoms with Gasteiger partial charge in [0.2, 0.25) is 5.89 Å². The van der Waals surface area contributed by atoms with Gasteiger partial charge >= 0.3 is 6.03 Å². The minimum absolute atomic E-state index is 0.197. The fraction of sp³-hybridized carbons (Fsp3) is 0.786. The monoisotopic (exact) mass is 298 g/mol. The van der Waals surface area contributed by atoms with Crippen LogP contribution in [0.15, 0.2) is 4.52 Å². The van der Waals surface area contributed by atoms with Crippen molar-refractivity contribution >= 4 is 6.03 Å². The molecular formula is C14H26N4O3. The third kappa shape index (κ3) is 6.57. The Morgan fingerprint density at radius 1 is 1.24 bits per heavy atom. The number of aliphatic hydroxyl groups excluding tert-OH is 1. The lowest BCUT2D eigenvalue weighted by Gasteiger charge is -2.14. The van der Waals surface area contributed by atoms with Crippen LogP contribution in [0.4, 0.5) is 4.79 Å². The zero-order valence-electron chi connectivity index (χ0n) is 13.2. The molecule has 1 aromatic rings. The second kappa shape index (κ2) is 8.61. The normalized spacial score (nSPS) is 12.7. The van der Waals surface area contributed by atoms with Gasteiger partial charge in [0, 0.05) is 25.4 Å². The lowest BCUT2D eigenvalue weighted by molar-refractivity contribution is 0.116. The molecule has 0 aliphatic rings. The molecule has 1 aromatic heterocycles. The Morgan fingerprint density at radius 2 is 1.90 bits per heavy atom. The summed E-state index contributed by atoms with van der Waals surface area (Å²) in [7, 11) is 0. The highest BCUT2D eigenvalue weighted by Crippen LogP contribution is 2.09. The third-order valence-corrected chi connectivity index (χ3v) is 3.12. The highest BCUT2D eigenvalue weighted by atomic mass is 16.5. The maximum atomic E-state index is 11.5. The summed E-state index contributed by atoms with van der Waals surface area (Å²) >= 11 is 0. The summed E-state index contributed by atoms with van der Waals surface area (Å²) in [6.45, 7) is 8.75. The molecule has 0 spiro atoms. The van der Waals surface area contributed by atoms with Gasteiger partial charge in [0.25, 0.3) is 0 Å². The van der Waals surface area contributed by atoms with Gasteiger partial charge in [-0.05, 0) is 12.3 Å². The molecule has 0 radical (unpaired) electrons. The van der Waals surface area contributed by atoms with Gasteiger partial charge in [-0.3, -0.25) is 0 Å². The average Bonchev–Trinajstić information content (AvgIpc) is 2.87. The number of nitrogens with one attached hydrogen (secondary N) is 2. The number of carbonyl (C=O) groups is 1. The zero-order valence-corrected chi connectivity index (χ0v) is 13.2. The van der Waals surface area contributed by atoms with Crippen LogP contribution in [0.3, 0.4) is 0 Å². The number of urea groups is 1. The highest BCUT2D eigenvalue weighted by Gasteiger charge is 2.11. The van der Waals surface area contributed by atoms with Crippen molar-refractivity contribution in [1.82, 2.24) is 20.8 Å². The van der Waals surface area contributed by atoms with E-state index in [0.717, 1.165) is 0 Å². The Morgan fingerprint density at radius 3 is 2.48 bits per heavy atom. The number of rotatable bonds is 8. The predicted octanol–water partition coefficient (Wildman–Crippen LogP) is 1.44. The van der Waals surface area contributed by atoms with E-state index in [1.807, 2.05) is 27.7 Å². The van der Waals surface area contributed by atoms with Crippen molar-refractivity contribution in [2.45, 2.75) is 52.6 Å². The summed E-state index contributed by atoms with van der Waals surface area (Å²) in [5, 5.41) is 18.9. The van der Waals surface area contributed by atoms with E-state index in [-0.39, 0.29) is 17.9 Å². The predicted molar refractivity (Wildman–Crippen MR) is 79.0 cm³/mol. The smallest absolute Gasteiger partial charge is 0.314 e. The van der Waals surface area contributed by atoms with Gasteiger partial charge in [-0.15, -0.1) is 0 Å². The summed E-state index contributed by atoms with van der Waals surface area (Å²) in [6, 6.07) is -0.255. The first-order chi connectivity index (χ1) is 9.90. The van der Waals surface area contributed by atoms with Gasteiger partial charge in [-0.1, -0.05) is 32.9 Å². The molecule has 21 heavy (non-hydrogen) atoms. The maximum absolute atomic E-state index is 11.5. The molecule has 1 heterocycles. The fourth-order valence-electron chi connectivity index (χ4n) is 1.62. The van der Waals surface area contributed by atoms with Gasteiger partial charge in [-0.25, -0.2) is 4.79 Å². The van der Waals surface area contributed by atoms with Gasteiger partial charge in [0.15, 0.2) is 5.82 Å². The van der Waals surface area contributed by atoms with Crippen LogP contribution in [0, 0.1) is 5.92 Å². The minimum atomic E-state index is -0.391. The van der Waals surface area contributed by atoms with E-state index in [1.54, 1.807) is 0 Å². The fourth-order valence-corrected chi connectivity index (χ4v) is 1.62. The summed E-state index contributed by atoms with van der Waals surface area (Å²) in [6.07, 6.45) is 0.659. The molecule has 0 bridgehead atoms. The van der Waals surface area contributed by atoms with E-state index in [4.69, 9.17) is 4.52 Å². The Kier molecular flexibility index (Phi) is 7.14. The highest BCUT2D eigenvalue weighted by molar-refractivity contribution is 5.73. The van der Waals surface area contributed by atoms with Gasteiger partial charge in [0.1, 0.15) is 0 Å². The van der Waals surface area contributed by atoms with Crippen LogP contribution in [0.1, 0.15) is 51.7 Å². The van der Waals surface area contributed by atoms with Gasteiger partial charge in [0.05, 0.1) is 6.10 Å². The molecule has 1 unspecified atom stereocenters. The Labute approximate surface area is 125 Å². The Balaban J connectivity index is 2.15. The van der Waals surface area contributed by atoms with Crippen molar-refractivity contribution in [2.24, 2.45) is 5.92 Å². The molecule has 2 amide bonds. The average molecular weight is 298 g/mol. The molecule has 0 aromatic carbocycles. The number of hydrogen-bond donors (Lipinski definition) is 3. The van der Waals surface area contributed by atoms with E-state index in [0.29, 0.717) is 37.6 Å². The van der Waals surface area contributed by atoms with Crippen LogP contribution < -0.4 is 10.6 Å². The minimum Gasteiger partial charge on any atom is -0.393 e. The first-order valence-corrected chi connectivity index (χ1v) is 7.42. The van der Waals surface area contributed by atoms with Crippen molar-refractivity contribution in [2.75, 3.05) is 13.1 Å². The quantitative estimate of drug-likeness (QED) is 0.674. The second-order valence-corrected chi connectivity index (χ2v) is 5.73. The van der Waals surface area contributed by atoms with Crippen molar-refractivity contribution in [3.05, 3.63) is 11.7 Å².